The lowest BCUT2D eigenvalue weighted by Gasteiger charge is -2.19. The third-order valence-corrected chi connectivity index (χ3v) is 8.53. The SMILES string of the molecule is [2H]c1cc([2H])c2oc3c(-c4cccc(-c5nc(-c6ccccc6)nc(-c6ccccc6)n5)c4-n4c5c([2H])cc([2H])c([2H])c5c5c([2H])c([2H])c([2H])c([2H])c54)c([2H])c([2H])c([2H])c3c2c1[2H]. The first-order chi connectivity index (χ1) is 30.2. The molecule has 5 nitrogen and oxygen atoms in total. The fraction of sp³-hybridized carbons (Fsp3) is 0. The highest BCUT2D eigenvalue weighted by atomic mass is 16.3. The average molecular weight is 654 g/mol. The fourth-order valence-electron chi connectivity index (χ4n) is 6.35. The highest BCUT2D eigenvalue weighted by Crippen LogP contribution is 2.44. The summed E-state index contributed by atoms with van der Waals surface area (Å²) in [6.07, 6.45) is 0. The lowest BCUT2D eigenvalue weighted by Crippen LogP contribution is -2.05. The van der Waals surface area contributed by atoms with E-state index in [0.29, 0.717) is 11.1 Å². The maximum atomic E-state index is 9.48. The molecule has 7 aromatic carbocycles. The summed E-state index contributed by atoms with van der Waals surface area (Å²) in [6, 6.07) is 19.5. The summed E-state index contributed by atoms with van der Waals surface area (Å²) >= 11 is 0. The van der Waals surface area contributed by atoms with Gasteiger partial charge in [-0.2, -0.15) is 0 Å². The van der Waals surface area contributed by atoms with Gasteiger partial charge in [-0.05, 0) is 24.2 Å². The van der Waals surface area contributed by atoms with E-state index in [2.05, 4.69) is 0 Å². The van der Waals surface area contributed by atoms with Gasteiger partial charge in [0.1, 0.15) is 11.2 Å². The van der Waals surface area contributed by atoms with Gasteiger partial charge in [-0.25, -0.2) is 15.0 Å². The molecule has 0 bridgehead atoms. The van der Waals surface area contributed by atoms with Crippen LogP contribution in [-0.2, 0) is 0 Å². The highest BCUT2D eigenvalue weighted by Gasteiger charge is 2.24. The van der Waals surface area contributed by atoms with Crippen molar-refractivity contribution in [3.05, 3.63) is 170 Å². The van der Waals surface area contributed by atoms with Gasteiger partial charge in [-0.3, -0.25) is 0 Å². The molecule has 10 aromatic rings. The van der Waals surface area contributed by atoms with Crippen molar-refractivity contribution < 1.29 is 22.2 Å². The summed E-state index contributed by atoms with van der Waals surface area (Å²) in [5.41, 5.74) is 0.831. The summed E-state index contributed by atoms with van der Waals surface area (Å²) in [7, 11) is 0. The van der Waals surface area contributed by atoms with Crippen LogP contribution >= 0.6 is 0 Å². The fourth-order valence-corrected chi connectivity index (χ4v) is 6.35. The lowest BCUT2D eigenvalue weighted by molar-refractivity contribution is 0.670. The Kier molecular flexibility index (Phi) is 4.12. The van der Waals surface area contributed by atoms with E-state index >= 15 is 0 Å². The van der Waals surface area contributed by atoms with Crippen LogP contribution in [0.4, 0.5) is 0 Å². The second-order valence-corrected chi connectivity index (χ2v) is 11.4. The maximum Gasteiger partial charge on any atom is 0.166 e. The van der Waals surface area contributed by atoms with Gasteiger partial charge in [-0.15, -0.1) is 0 Å². The molecule has 0 aliphatic rings. The molecular formula is C45H28N4O. The van der Waals surface area contributed by atoms with Crippen molar-refractivity contribution in [1.29, 1.82) is 0 Å². The van der Waals surface area contributed by atoms with Crippen molar-refractivity contribution in [3.63, 3.8) is 0 Å². The Hall–Kier alpha value is -6.85. The Labute approximate surface area is 306 Å². The smallest absolute Gasteiger partial charge is 0.166 e. The van der Waals surface area contributed by atoms with E-state index in [4.69, 9.17) is 33.1 Å². The van der Waals surface area contributed by atoms with Crippen LogP contribution in [0.3, 0.4) is 0 Å². The summed E-state index contributed by atoms with van der Waals surface area (Å²) in [4.78, 5) is 14.8. The summed E-state index contributed by atoms with van der Waals surface area (Å²) in [6.45, 7) is 0. The Morgan fingerprint density at radius 3 is 1.80 bits per heavy atom. The van der Waals surface area contributed by atoms with E-state index in [9.17, 15) is 4.11 Å². The van der Waals surface area contributed by atoms with Crippen molar-refractivity contribution in [2.24, 2.45) is 0 Å². The molecule has 5 heteroatoms. The number of nitrogens with zero attached hydrogens (tertiary/aromatic N) is 4. The normalized spacial score (nSPS) is 15.2. The summed E-state index contributed by atoms with van der Waals surface area (Å²) in [5.74, 6) is 0.568. The van der Waals surface area contributed by atoms with Crippen molar-refractivity contribution in [2.45, 2.75) is 0 Å². The Morgan fingerprint density at radius 1 is 0.440 bits per heavy atom. The standard InChI is InChI=1S/C45H28N4O/c1-3-15-29(16-4-1)43-46-44(30-17-5-2-6-18-30)48-45(47-43)37-25-13-22-34(36-24-14-23-35-33-21-9-12-28-40(33)50-42(35)36)41(37)49-38-26-10-7-19-31(38)32-20-8-11-27-39(32)49/h1-28H/i7D,8D,9D,10D,14D,19D,20D,21D,23D,24D,26D,27D,28D. The molecule has 0 spiro atoms. The van der Waals surface area contributed by atoms with E-state index in [1.54, 1.807) is 18.2 Å². The zero-order chi connectivity index (χ0) is 44.3. The Morgan fingerprint density at radius 2 is 1.04 bits per heavy atom. The van der Waals surface area contributed by atoms with E-state index in [-0.39, 0.29) is 114 Å². The third-order valence-electron chi connectivity index (χ3n) is 8.53. The molecule has 0 atom stereocenters. The average Bonchev–Trinajstić information content (AvgIpc) is 3.87. The van der Waals surface area contributed by atoms with Crippen molar-refractivity contribution in [3.8, 4) is 51.0 Å². The Balaban J connectivity index is 1.47. The van der Waals surface area contributed by atoms with Gasteiger partial charge in [0.25, 0.3) is 0 Å². The number of rotatable bonds is 5. The van der Waals surface area contributed by atoms with Gasteiger partial charge in [0.2, 0.25) is 0 Å². The quantitative estimate of drug-likeness (QED) is 0.185. The number of fused-ring (bicyclic) bond motifs is 6. The van der Waals surface area contributed by atoms with Gasteiger partial charge in [0.15, 0.2) is 17.5 Å². The molecule has 0 amide bonds. The third kappa shape index (κ3) is 4.45. The number of para-hydroxylation sites is 5. The summed E-state index contributed by atoms with van der Waals surface area (Å²) in [5, 5.41) is -0.415. The zero-order valence-corrected chi connectivity index (χ0v) is 25.9. The number of furan rings is 1. The molecule has 50 heavy (non-hydrogen) atoms. The van der Waals surface area contributed by atoms with Crippen LogP contribution in [0.25, 0.3) is 94.7 Å². The largest absolute Gasteiger partial charge is 0.455 e. The van der Waals surface area contributed by atoms with Gasteiger partial charge >= 0.3 is 0 Å². The van der Waals surface area contributed by atoms with Gasteiger partial charge in [0.05, 0.1) is 34.5 Å². The van der Waals surface area contributed by atoms with E-state index in [0.717, 1.165) is 12.1 Å². The van der Waals surface area contributed by atoms with Crippen LogP contribution in [0, 0.1) is 0 Å². The number of aromatic nitrogens is 4. The number of hydrogen-bond acceptors (Lipinski definition) is 4. The van der Waals surface area contributed by atoms with E-state index < -0.39 is 48.3 Å². The molecule has 0 fully saturated rings. The van der Waals surface area contributed by atoms with Crippen LogP contribution in [0.15, 0.2) is 174 Å². The van der Waals surface area contributed by atoms with E-state index in [1.807, 2.05) is 60.7 Å². The molecule has 0 saturated heterocycles. The molecule has 3 heterocycles. The molecule has 0 aliphatic heterocycles. The maximum absolute atomic E-state index is 9.48. The van der Waals surface area contributed by atoms with Crippen molar-refractivity contribution in [1.82, 2.24) is 19.5 Å². The predicted octanol–water partition coefficient (Wildman–Crippen LogP) is 11.5. The van der Waals surface area contributed by atoms with Crippen LogP contribution < -0.4 is 0 Å². The minimum atomic E-state index is -0.623. The van der Waals surface area contributed by atoms with Crippen LogP contribution in [0.1, 0.15) is 17.8 Å². The molecule has 3 aromatic heterocycles. The monoisotopic (exact) mass is 653 g/mol. The van der Waals surface area contributed by atoms with Gasteiger partial charge < -0.3 is 8.98 Å². The van der Waals surface area contributed by atoms with Gasteiger partial charge in [0, 0.05) is 49.4 Å². The second-order valence-electron chi connectivity index (χ2n) is 11.4. The van der Waals surface area contributed by atoms with Crippen LogP contribution in [0.5, 0.6) is 0 Å². The molecule has 234 valence electrons. The molecule has 0 saturated carbocycles. The molecule has 0 N–H and O–H groups in total. The predicted molar refractivity (Wildman–Crippen MR) is 203 cm³/mol. The summed E-state index contributed by atoms with van der Waals surface area (Å²) < 4.78 is 124. The van der Waals surface area contributed by atoms with Crippen molar-refractivity contribution >= 4 is 43.7 Å². The van der Waals surface area contributed by atoms with Crippen LogP contribution in [-0.4, -0.2) is 19.5 Å². The number of hydrogen-bond donors (Lipinski definition) is 0. The van der Waals surface area contributed by atoms with E-state index in [1.165, 1.54) is 4.57 Å². The Bertz CT molecular complexity index is 3550. The van der Waals surface area contributed by atoms with Crippen LogP contribution in [0.2, 0.25) is 0 Å². The first-order valence-electron chi connectivity index (χ1n) is 22.1. The first-order valence-corrected chi connectivity index (χ1v) is 15.6. The topological polar surface area (TPSA) is 56.7 Å². The lowest BCUT2D eigenvalue weighted by atomic mass is 9.97. The molecule has 0 radical (unpaired) electrons. The number of benzene rings is 7. The molecular weight excluding hydrogens is 613 g/mol. The minimum Gasteiger partial charge on any atom is -0.455 e. The highest BCUT2D eigenvalue weighted by molar-refractivity contribution is 6.13. The molecule has 10 rings (SSSR count). The first kappa shape index (κ1) is 18.1. The molecule has 0 unspecified atom stereocenters. The minimum absolute atomic E-state index is 0.0168. The molecule has 0 aliphatic carbocycles. The van der Waals surface area contributed by atoms with Gasteiger partial charge in [-0.1, -0.05) is 145 Å². The zero-order valence-electron chi connectivity index (χ0n) is 38.9. The second kappa shape index (κ2) is 11.4. The van der Waals surface area contributed by atoms with Crippen molar-refractivity contribution in [2.75, 3.05) is 0 Å².